The van der Waals surface area contributed by atoms with Crippen LogP contribution in [0.3, 0.4) is 0 Å². The Kier molecular flexibility index (Phi) is 5.20. The first-order chi connectivity index (χ1) is 11.4. The number of terminal acetylenes is 1. The quantitative estimate of drug-likeness (QED) is 0.682. The Hall–Kier alpha value is -2.87. The Bertz CT molecular complexity index is 783. The highest BCUT2D eigenvalue weighted by atomic mass is 16.5. The first-order valence-electron chi connectivity index (χ1n) is 7.63. The van der Waals surface area contributed by atoms with Gasteiger partial charge in [-0.15, -0.1) is 6.42 Å². The number of hydrogen-bond donors (Lipinski definition) is 1. The number of ether oxygens (including phenoxy) is 1. The molecule has 2 unspecified atom stereocenters. The third kappa shape index (κ3) is 3.23. The highest BCUT2D eigenvalue weighted by Gasteiger charge is 2.41. The van der Waals surface area contributed by atoms with Gasteiger partial charge >= 0.3 is 11.9 Å². The summed E-state index contributed by atoms with van der Waals surface area (Å²) in [5, 5.41) is 9.69. The van der Waals surface area contributed by atoms with Gasteiger partial charge in [-0.3, -0.25) is 9.79 Å². The number of nitrogens with zero attached hydrogens (tertiary/aromatic N) is 1. The van der Waals surface area contributed by atoms with E-state index in [4.69, 9.17) is 11.2 Å². The van der Waals surface area contributed by atoms with Crippen LogP contribution in [0.15, 0.2) is 40.5 Å². The lowest BCUT2D eigenvalue weighted by Gasteiger charge is -2.30. The smallest absolute Gasteiger partial charge is 0.336 e. The molecular formula is C19H19NO4. The van der Waals surface area contributed by atoms with Crippen LogP contribution in [-0.2, 0) is 14.3 Å². The van der Waals surface area contributed by atoms with E-state index in [1.807, 2.05) is 0 Å². The van der Waals surface area contributed by atoms with Gasteiger partial charge in [-0.2, -0.15) is 0 Å². The highest BCUT2D eigenvalue weighted by Crippen LogP contribution is 2.39. The Morgan fingerprint density at radius 3 is 2.67 bits per heavy atom. The van der Waals surface area contributed by atoms with Crippen molar-refractivity contribution in [2.45, 2.75) is 26.7 Å². The zero-order chi connectivity index (χ0) is 17.9. The van der Waals surface area contributed by atoms with Gasteiger partial charge in [-0.25, -0.2) is 4.79 Å². The van der Waals surface area contributed by atoms with Crippen molar-refractivity contribution < 1.29 is 19.4 Å². The van der Waals surface area contributed by atoms with Gasteiger partial charge in [0.05, 0.1) is 12.2 Å². The summed E-state index contributed by atoms with van der Waals surface area (Å²) in [6, 6.07) is 7.00. The molecule has 5 heteroatoms. The maximum atomic E-state index is 12.4. The molecule has 1 N–H and O–H groups in total. The normalized spacial score (nSPS) is 20.2. The number of allylic oxidation sites excluding steroid dienone is 1. The highest BCUT2D eigenvalue weighted by molar-refractivity contribution is 6.06. The SMILES string of the molecule is C#Cc1cccc(C2C(C(=O)OCC)=C(C)N=C(C)C2C(=O)O)c1. The monoisotopic (exact) mass is 325 g/mol. The minimum atomic E-state index is -1.04. The maximum Gasteiger partial charge on any atom is 0.336 e. The summed E-state index contributed by atoms with van der Waals surface area (Å²) in [5.74, 6) is -0.687. The number of aliphatic imine (C=N–C) groups is 1. The lowest BCUT2D eigenvalue weighted by molar-refractivity contribution is -0.141. The number of hydrogen-bond acceptors (Lipinski definition) is 4. The van der Waals surface area contributed by atoms with E-state index in [1.54, 1.807) is 45.0 Å². The number of carbonyl (C=O) groups is 2. The molecule has 0 saturated heterocycles. The summed E-state index contributed by atoms with van der Waals surface area (Å²) < 4.78 is 5.12. The van der Waals surface area contributed by atoms with E-state index in [9.17, 15) is 14.7 Å². The molecule has 0 aromatic heterocycles. The zero-order valence-corrected chi connectivity index (χ0v) is 13.9. The van der Waals surface area contributed by atoms with Crippen molar-refractivity contribution in [3.63, 3.8) is 0 Å². The van der Waals surface area contributed by atoms with Crippen molar-refractivity contribution in [3.05, 3.63) is 46.7 Å². The number of carboxylic acids is 1. The lowest BCUT2D eigenvalue weighted by atomic mass is 9.75. The number of benzene rings is 1. The number of aliphatic carboxylic acids is 1. The van der Waals surface area contributed by atoms with E-state index in [0.29, 0.717) is 22.5 Å². The van der Waals surface area contributed by atoms with E-state index in [0.717, 1.165) is 0 Å². The molecule has 0 radical (unpaired) electrons. The van der Waals surface area contributed by atoms with Crippen LogP contribution in [0.4, 0.5) is 0 Å². The van der Waals surface area contributed by atoms with E-state index in [-0.39, 0.29) is 12.2 Å². The first kappa shape index (κ1) is 17.5. The molecule has 124 valence electrons. The molecular weight excluding hydrogens is 306 g/mol. The van der Waals surface area contributed by atoms with Gasteiger partial charge in [0, 0.05) is 22.9 Å². The van der Waals surface area contributed by atoms with Gasteiger partial charge in [0.1, 0.15) is 5.92 Å². The van der Waals surface area contributed by atoms with Crippen molar-refractivity contribution in [1.29, 1.82) is 0 Å². The summed E-state index contributed by atoms with van der Waals surface area (Å²) in [5.41, 5.74) is 2.47. The largest absolute Gasteiger partial charge is 0.481 e. The van der Waals surface area contributed by atoms with Gasteiger partial charge < -0.3 is 9.84 Å². The number of carboxylic acid groups (broad SMARTS) is 1. The van der Waals surface area contributed by atoms with E-state index in [2.05, 4.69) is 10.9 Å². The van der Waals surface area contributed by atoms with Crippen LogP contribution >= 0.6 is 0 Å². The molecule has 1 aromatic rings. The predicted molar refractivity (Wildman–Crippen MR) is 90.7 cm³/mol. The van der Waals surface area contributed by atoms with Crippen LogP contribution in [0.25, 0.3) is 0 Å². The molecule has 0 bridgehead atoms. The van der Waals surface area contributed by atoms with E-state index < -0.39 is 23.8 Å². The third-order valence-corrected chi connectivity index (χ3v) is 4.00. The molecule has 0 spiro atoms. The molecule has 0 amide bonds. The van der Waals surface area contributed by atoms with Crippen LogP contribution < -0.4 is 0 Å². The van der Waals surface area contributed by atoms with Crippen LogP contribution in [0.5, 0.6) is 0 Å². The molecule has 1 aromatic carbocycles. The molecule has 1 heterocycles. The second-order valence-corrected chi connectivity index (χ2v) is 5.54. The van der Waals surface area contributed by atoms with Gasteiger partial charge in [0.25, 0.3) is 0 Å². The molecule has 0 fully saturated rings. The predicted octanol–water partition coefficient (Wildman–Crippen LogP) is 2.76. The standard InChI is InChI=1S/C19H19NO4/c1-5-13-8-7-9-14(10-13)17-15(18(21)22)11(3)20-12(4)16(17)19(23)24-6-2/h1,7-10,15,17H,6H2,2-4H3,(H,21,22). The van der Waals surface area contributed by atoms with Crippen LogP contribution in [0, 0.1) is 18.3 Å². The summed E-state index contributed by atoms with van der Waals surface area (Å²) in [6.07, 6.45) is 5.45. The zero-order valence-electron chi connectivity index (χ0n) is 13.9. The summed E-state index contributed by atoms with van der Waals surface area (Å²) >= 11 is 0. The Labute approximate surface area is 141 Å². The maximum absolute atomic E-state index is 12.4. The number of rotatable bonds is 4. The lowest BCUT2D eigenvalue weighted by Crippen LogP contribution is -2.35. The molecule has 5 nitrogen and oxygen atoms in total. The van der Waals surface area contributed by atoms with Gasteiger partial charge in [0.2, 0.25) is 0 Å². The minimum Gasteiger partial charge on any atom is -0.481 e. The van der Waals surface area contributed by atoms with E-state index in [1.165, 1.54) is 0 Å². The van der Waals surface area contributed by atoms with Gasteiger partial charge in [0.15, 0.2) is 0 Å². The first-order valence-corrected chi connectivity index (χ1v) is 7.63. The average molecular weight is 325 g/mol. The fraction of sp³-hybridized carbons (Fsp3) is 0.316. The second kappa shape index (κ2) is 7.14. The molecule has 1 aliphatic heterocycles. The molecule has 2 atom stereocenters. The summed E-state index contributed by atoms with van der Waals surface area (Å²) in [7, 11) is 0. The van der Waals surface area contributed by atoms with Crippen molar-refractivity contribution >= 4 is 17.7 Å². The molecule has 1 aliphatic rings. The van der Waals surface area contributed by atoms with Crippen LogP contribution in [-0.4, -0.2) is 29.4 Å². The second-order valence-electron chi connectivity index (χ2n) is 5.54. The topological polar surface area (TPSA) is 76.0 Å². The Morgan fingerprint density at radius 2 is 2.08 bits per heavy atom. The molecule has 24 heavy (non-hydrogen) atoms. The summed E-state index contributed by atoms with van der Waals surface area (Å²) in [6.45, 7) is 5.25. The minimum absolute atomic E-state index is 0.202. The fourth-order valence-electron chi connectivity index (χ4n) is 3.01. The number of carbonyl (C=O) groups excluding carboxylic acids is 1. The van der Waals surface area contributed by atoms with E-state index >= 15 is 0 Å². The van der Waals surface area contributed by atoms with Crippen molar-refractivity contribution in [1.82, 2.24) is 0 Å². The van der Waals surface area contributed by atoms with Crippen LogP contribution in [0.1, 0.15) is 37.8 Å². The average Bonchev–Trinajstić information content (AvgIpc) is 2.53. The Morgan fingerprint density at radius 1 is 1.38 bits per heavy atom. The third-order valence-electron chi connectivity index (χ3n) is 4.00. The summed E-state index contributed by atoms with van der Waals surface area (Å²) in [4.78, 5) is 28.5. The van der Waals surface area contributed by atoms with Crippen LogP contribution in [0.2, 0.25) is 0 Å². The molecule has 0 aliphatic carbocycles. The van der Waals surface area contributed by atoms with Gasteiger partial charge in [-0.1, -0.05) is 18.1 Å². The van der Waals surface area contributed by atoms with Crippen molar-refractivity contribution in [3.8, 4) is 12.3 Å². The van der Waals surface area contributed by atoms with Gasteiger partial charge in [-0.05, 0) is 38.5 Å². The number of esters is 1. The van der Waals surface area contributed by atoms with Crippen molar-refractivity contribution in [2.24, 2.45) is 10.9 Å². The molecule has 0 saturated carbocycles. The van der Waals surface area contributed by atoms with Crippen molar-refractivity contribution in [2.75, 3.05) is 6.61 Å². The fourth-order valence-corrected chi connectivity index (χ4v) is 3.01. The Balaban J connectivity index is 2.67. The molecule has 2 rings (SSSR count).